The minimum absolute atomic E-state index is 0.0115. The van der Waals surface area contributed by atoms with E-state index in [9.17, 15) is 22.8 Å². The first-order valence-electron chi connectivity index (χ1n) is 10.8. The molecule has 1 atom stereocenters. The summed E-state index contributed by atoms with van der Waals surface area (Å²) in [6.45, 7) is 1.38. The summed E-state index contributed by atoms with van der Waals surface area (Å²) in [6.07, 6.45) is 1.28. The first-order valence-corrected chi connectivity index (χ1v) is 12.3. The van der Waals surface area contributed by atoms with Crippen LogP contribution in [0, 0.1) is 11.3 Å². The molecule has 34 heavy (non-hydrogen) atoms. The van der Waals surface area contributed by atoms with Crippen molar-refractivity contribution in [2.45, 2.75) is 43.5 Å². The van der Waals surface area contributed by atoms with Crippen molar-refractivity contribution >= 4 is 27.7 Å². The number of benzene rings is 2. The summed E-state index contributed by atoms with van der Waals surface area (Å²) < 4.78 is 32.3. The summed E-state index contributed by atoms with van der Waals surface area (Å²) in [6, 6.07) is 14.6. The van der Waals surface area contributed by atoms with Gasteiger partial charge in [0.25, 0.3) is 0 Å². The van der Waals surface area contributed by atoms with Crippen LogP contribution in [0.15, 0.2) is 59.5 Å². The molecule has 10 heteroatoms. The van der Waals surface area contributed by atoms with E-state index < -0.39 is 22.0 Å². The third-order valence-corrected chi connectivity index (χ3v) is 6.31. The van der Waals surface area contributed by atoms with Crippen molar-refractivity contribution in [1.82, 2.24) is 10.0 Å². The average Bonchev–Trinajstić information content (AvgIpc) is 2.85. The van der Waals surface area contributed by atoms with E-state index in [2.05, 4.69) is 10.0 Å². The maximum absolute atomic E-state index is 12.5. The molecule has 2 aromatic carbocycles. The number of amides is 1. The number of esters is 1. The monoisotopic (exact) mass is 485 g/mol. The Bertz CT molecular complexity index is 1130. The van der Waals surface area contributed by atoms with Crippen LogP contribution in [0.2, 0.25) is 0 Å². The van der Waals surface area contributed by atoms with Crippen LogP contribution < -0.4 is 10.0 Å². The molecule has 0 saturated carbocycles. The molecule has 180 valence electrons. The molecule has 0 fully saturated rings. The second-order valence-electron chi connectivity index (χ2n) is 7.36. The van der Waals surface area contributed by atoms with Gasteiger partial charge < -0.3 is 10.1 Å². The number of ketones is 1. The molecule has 1 amide bonds. The van der Waals surface area contributed by atoms with Crippen LogP contribution in [-0.4, -0.2) is 45.3 Å². The second kappa shape index (κ2) is 13.2. The van der Waals surface area contributed by atoms with E-state index >= 15 is 0 Å². The lowest BCUT2D eigenvalue weighted by molar-refractivity contribution is -0.145. The van der Waals surface area contributed by atoms with E-state index in [4.69, 9.17) is 10.00 Å². The van der Waals surface area contributed by atoms with Crippen molar-refractivity contribution in [2.75, 3.05) is 13.2 Å². The van der Waals surface area contributed by atoms with Gasteiger partial charge in [-0.1, -0.05) is 30.3 Å². The molecular weight excluding hydrogens is 458 g/mol. The number of hydrogen-bond acceptors (Lipinski definition) is 7. The van der Waals surface area contributed by atoms with E-state index in [1.807, 2.05) is 6.07 Å². The largest absolute Gasteiger partial charge is 0.465 e. The highest BCUT2D eigenvalue weighted by molar-refractivity contribution is 7.89. The normalized spacial score (nSPS) is 11.8. The van der Waals surface area contributed by atoms with Gasteiger partial charge in [0.15, 0.2) is 5.78 Å². The summed E-state index contributed by atoms with van der Waals surface area (Å²) in [5.74, 6) is -1.25. The van der Waals surface area contributed by atoms with Crippen molar-refractivity contribution in [3.8, 4) is 6.07 Å². The fourth-order valence-corrected chi connectivity index (χ4v) is 4.23. The first-order chi connectivity index (χ1) is 16.3. The first kappa shape index (κ1) is 26.7. The van der Waals surface area contributed by atoms with Gasteiger partial charge >= 0.3 is 5.97 Å². The summed E-state index contributed by atoms with van der Waals surface area (Å²) in [4.78, 5) is 36.6. The predicted octanol–water partition coefficient (Wildman–Crippen LogP) is 2.33. The third kappa shape index (κ3) is 8.42. The number of nitrogens with zero attached hydrogens (tertiary/aromatic N) is 1. The number of Topliss-reactive ketones (excluding diaryl/α,β-unsaturated/α-hetero) is 1. The van der Waals surface area contributed by atoms with Gasteiger partial charge in [0.2, 0.25) is 15.9 Å². The van der Waals surface area contributed by atoms with Crippen LogP contribution in [-0.2, 0) is 24.3 Å². The van der Waals surface area contributed by atoms with Crippen molar-refractivity contribution in [3.63, 3.8) is 0 Å². The molecule has 1 unspecified atom stereocenters. The zero-order valence-corrected chi connectivity index (χ0v) is 19.6. The summed E-state index contributed by atoms with van der Waals surface area (Å²) in [5, 5.41) is 11.3. The number of unbranched alkanes of at least 4 members (excludes halogenated alkanes) is 1. The van der Waals surface area contributed by atoms with E-state index in [1.165, 1.54) is 12.1 Å². The van der Waals surface area contributed by atoms with Gasteiger partial charge in [0.05, 0.1) is 23.1 Å². The number of hydrogen-bond donors (Lipinski definition) is 2. The molecular formula is C24H27N3O6S. The Kier molecular flexibility index (Phi) is 10.4. The Hall–Kier alpha value is -3.55. The lowest BCUT2D eigenvalue weighted by Gasteiger charge is -2.18. The Labute approximate surface area is 199 Å². The Morgan fingerprint density at radius 1 is 1.00 bits per heavy atom. The predicted molar refractivity (Wildman–Crippen MR) is 124 cm³/mol. The van der Waals surface area contributed by atoms with Gasteiger partial charge in [-0.25, -0.2) is 8.42 Å². The van der Waals surface area contributed by atoms with Gasteiger partial charge in [-0.2, -0.15) is 9.98 Å². The number of nitriles is 1. The van der Waals surface area contributed by atoms with Gasteiger partial charge in [0.1, 0.15) is 6.04 Å². The Morgan fingerprint density at radius 3 is 2.26 bits per heavy atom. The van der Waals surface area contributed by atoms with Crippen LogP contribution >= 0.6 is 0 Å². The molecule has 0 heterocycles. The maximum Gasteiger partial charge on any atom is 0.326 e. The van der Waals surface area contributed by atoms with Crippen LogP contribution in [0.1, 0.15) is 48.5 Å². The summed E-state index contributed by atoms with van der Waals surface area (Å²) in [5.41, 5.74) is 0.979. The van der Waals surface area contributed by atoms with Crippen LogP contribution in [0.25, 0.3) is 0 Å². The van der Waals surface area contributed by atoms with Gasteiger partial charge in [-0.3, -0.25) is 14.4 Å². The molecule has 9 nitrogen and oxygen atoms in total. The SMILES string of the molecule is CCOC(=O)C(CNC(=O)CCCCC(=O)c1ccc(C#N)cc1)NS(=O)(=O)c1ccccc1. The second-order valence-corrected chi connectivity index (χ2v) is 9.08. The minimum atomic E-state index is -3.99. The molecule has 2 N–H and O–H groups in total. The van der Waals surface area contributed by atoms with Crippen LogP contribution in [0.3, 0.4) is 0 Å². The number of carbonyl (C=O) groups excluding carboxylic acids is 3. The van der Waals surface area contributed by atoms with E-state index in [-0.39, 0.29) is 42.6 Å². The maximum atomic E-state index is 12.5. The third-order valence-electron chi connectivity index (χ3n) is 4.82. The smallest absolute Gasteiger partial charge is 0.326 e. The fourth-order valence-electron chi connectivity index (χ4n) is 3.02. The number of sulfonamides is 1. The van der Waals surface area contributed by atoms with Gasteiger partial charge in [0, 0.05) is 24.9 Å². The standard InChI is InChI=1S/C24H27N3O6S/c1-2-33-24(30)21(27-34(31,32)20-8-4-3-5-9-20)17-26-23(29)11-7-6-10-22(28)19-14-12-18(16-25)13-15-19/h3-5,8-9,12-15,21,27H,2,6-7,10-11,17H2,1H3,(H,26,29). The number of carbonyl (C=O) groups is 3. The molecule has 0 aromatic heterocycles. The van der Waals surface area contributed by atoms with Crippen molar-refractivity contribution in [2.24, 2.45) is 0 Å². The molecule has 0 bridgehead atoms. The summed E-state index contributed by atoms with van der Waals surface area (Å²) >= 11 is 0. The highest BCUT2D eigenvalue weighted by Gasteiger charge is 2.27. The van der Waals surface area contributed by atoms with Gasteiger partial charge in [-0.15, -0.1) is 0 Å². The van der Waals surface area contributed by atoms with Crippen molar-refractivity contribution < 1.29 is 27.5 Å². The fraction of sp³-hybridized carbons (Fsp3) is 0.333. The van der Waals surface area contributed by atoms with Crippen LogP contribution in [0.4, 0.5) is 0 Å². The van der Waals surface area contributed by atoms with Crippen molar-refractivity contribution in [1.29, 1.82) is 5.26 Å². The number of nitrogens with one attached hydrogen (secondary N) is 2. The zero-order valence-electron chi connectivity index (χ0n) is 18.8. The highest BCUT2D eigenvalue weighted by Crippen LogP contribution is 2.11. The zero-order chi connectivity index (χ0) is 25.0. The van der Waals surface area contributed by atoms with Gasteiger partial charge in [-0.05, 0) is 44.0 Å². The summed E-state index contributed by atoms with van der Waals surface area (Å²) in [7, 11) is -3.99. The lowest BCUT2D eigenvalue weighted by atomic mass is 10.0. The molecule has 2 rings (SSSR count). The number of rotatable bonds is 13. The minimum Gasteiger partial charge on any atom is -0.465 e. The van der Waals surface area contributed by atoms with Crippen molar-refractivity contribution in [3.05, 3.63) is 65.7 Å². The number of ether oxygens (including phenoxy) is 1. The lowest BCUT2D eigenvalue weighted by Crippen LogP contribution is -2.49. The van der Waals surface area contributed by atoms with Crippen LogP contribution in [0.5, 0.6) is 0 Å². The van der Waals surface area contributed by atoms with E-state index in [0.29, 0.717) is 24.0 Å². The topological polar surface area (TPSA) is 142 Å². The molecule has 0 radical (unpaired) electrons. The Balaban J connectivity index is 1.82. The molecule has 0 aliphatic heterocycles. The molecule has 0 spiro atoms. The highest BCUT2D eigenvalue weighted by atomic mass is 32.2. The average molecular weight is 486 g/mol. The Morgan fingerprint density at radius 2 is 1.65 bits per heavy atom. The molecule has 0 aliphatic rings. The molecule has 2 aromatic rings. The quantitative estimate of drug-likeness (QED) is 0.252. The van der Waals surface area contributed by atoms with E-state index in [1.54, 1.807) is 49.4 Å². The molecule has 0 aliphatic carbocycles. The van der Waals surface area contributed by atoms with E-state index in [0.717, 1.165) is 0 Å². The molecule has 0 saturated heterocycles.